The van der Waals surface area contributed by atoms with E-state index < -0.39 is 11.9 Å². The Balaban J connectivity index is 3.00. The van der Waals surface area contributed by atoms with Crippen molar-refractivity contribution in [2.75, 3.05) is 5.32 Å². The summed E-state index contributed by atoms with van der Waals surface area (Å²) in [6, 6.07) is 4.22. The summed E-state index contributed by atoms with van der Waals surface area (Å²) in [6.07, 6.45) is -1.20. The smallest absolute Gasteiger partial charge is 0.409 e. The van der Waals surface area contributed by atoms with Gasteiger partial charge in [0, 0.05) is 0 Å². The van der Waals surface area contributed by atoms with E-state index in [0.29, 0.717) is 0 Å². The van der Waals surface area contributed by atoms with E-state index in [9.17, 15) is 9.18 Å². The minimum Gasteiger partial charge on any atom is -0.465 e. The van der Waals surface area contributed by atoms with Crippen molar-refractivity contribution >= 4 is 34.4 Å². The Morgan fingerprint density at radius 2 is 2.25 bits per heavy atom. The lowest BCUT2D eigenvalue weighted by Crippen LogP contribution is -2.08. The van der Waals surface area contributed by atoms with Gasteiger partial charge in [-0.1, -0.05) is 6.07 Å². The van der Waals surface area contributed by atoms with Crippen LogP contribution in [0.3, 0.4) is 0 Å². The van der Waals surface area contributed by atoms with Crippen LogP contribution in [-0.4, -0.2) is 11.2 Å². The van der Waals surface area contributed by atoms with Crippen molar-refractivity contribution in [2.45, 2.75) is 0 Å². The summed E-state index contributed by atoms with van der Waals surface area (Å²) >= 11 is 1.74. The second kappa shape index (κ2) is 3.70. The van der Waals surface area contributed by atoms with Gasteiger partial charge in [-0.2, -0.15) is 0 Å². The second-order valence-corrected chi connectivity index (χ2v) is 3.11. The van der Waals surface area contributed by atoms with Gasteiger partial charge in [-0.3, -0.25) is 5.32 Å². The molecule has 3 nitrogen and oxygen atoms in total. The first-order valence-electron chi connectivity index (χ1n) is 3.05. The molecule has 0 heterocycles. The van der Waals surface area contributed by atoms with Crippen molar-refractivity contribution < 1.29 is 14.3 Å². The fourth-order valence-electron chi connectivity index (χ4n) is 0.716. The van der Waals surface area contributed by atoms with Gasteiger partial charge in [-0.15, -0.1) is 0 Å². The van der Waals surface area contributed by atoms with Crippen LogP contribution in [0.4, 0.5) is 14.9 Å². The molecule has 0 bridgehead atoms. The number of carboxylic acid groups (broad SMARTS) is 1. The Labute approximate surface area is 81.7 Å². The van der Waals surface area contributed by atoms with Crippen molar-refractivity contribution in [3.05, 3.63) is 27.6 Å². The fourth-order valence-corrected chi connectivity index (χ4v) is 1.21. The first-order valence-corrected chi connectivity index (χ1v) is 4.13. The topological polar surface area (TPSA) is 49.3 Å². The molecule has 0 radical (unpaired) electrons. The quantitative estimate of drug-likeness (QED) is 0.777. The van der Waals surface area contributed by atoms with Crippen LogP contribution in [0.2, 0.25) is 0 Å². The molecule has 0 unspecified atom stereocenters. The molecule has 5 heteroatoms. The van der Waals surface area contributed by atoms with Crippen LogP contribution in [0.1, 0.15) is 0 Å². The van der Waals surface area contributed by atoms with Crippen LogP contribution < -0.4 is 5.32 Å². The van der Waals surface area contributed by atoms with Gasteiger partial charge in [-0.25, -0.2) is 9.18 Å². The van der Waals surface area contributed by atoms with Crippen LogP contribution in [0.15, 0.2) is 18.2 Å². The standard InChI is InChI=1S/C7H5FINO2/c8-4-2-1-3-5(6(4)9)10-7(11)12/h1-3,10H,(H,11,12). The van der Waals surface area contributed by atoms with Crippen LogP contribution >= 0.6 is 22.6 Å². The van der Waals surface area contributed by atoms with Gasteiger partial charge in [0.15, 0.2) is 0 Å². The number of halogens is 2. The summed E-state index contributed by atoms with van der Waals surface area (Å²) in [7, 11) is 0. The Morgan fingerprint density at radius 1 is 1.58 bits per heavy atom. The highest BCUT2D eigenvalue weighted by Crippen LogP contribution is 2.20. The third-order valence-corrected chi connectivity index (χ3v) is 2.29. The molecule has 1 aromatic rings. The van der Waals surface area contributed by atoms with Gasteiger partial charge < -0.3 is 5.11 Å². The van der Waals surface area contributed by atoms with Gasteiger partial charge in [0.2, 0.25) is 0 Å². The molecule has 1 amide bonds. The Hall–Kier alpha value is -0.850. The maximum absolute atomic E-state index is 12.8. The number of hydrogen-bond acceptors (Lipinski definition) is 1. The monoisotopic (exact) mass is 281 g/mol. The lowest BCUT2D eigenvalue weighted by atomic mass is 10.3. The number of hydrogen-bond donors (Lipinski definition) is 2. The van der Waals surface area contributed by atoms with Crippen LogP contribution in [0, 0.1) is 9.39 Å². The van der Waals surface area contributed by atoms with E-state index in [1.807, 2.05) is 0 Å². The van der Waals surface area contributed by atoms with E-state index in [-0.39, 0.29) is 9.26 Å². The average Bonchev–Trinajstić information content (AvgIpc) is 1.98. The molecule has 1 aromatic carbocycles. The summed E-state index contributed by atoms with van der Waals surface area (Å²) in [6.45, 7) is 0. The molecule has 1 rings (SSSR count). The molecule has 0 aliphatic rings. The zero-order valence-corrected chi connectivity index (χ0v) is 8.00. The van der Waals surface area contributed by atoms with Crippen molar-refractivity contribution in [2.24, 2.45) is 0 Å². The predicted molar refractivity (Wildman–Crippen MR) is 50.8 cm³/mol. The van der Waals surface area contributed by atoms with E-state index in [4.69, 9.17) is 5.11 Å². The fraction of sp³-hybridized carbons (Fsp3) is 0. The number of benzene rings is 1. The summed E-state index contributed by atoms with van der Waals surface area (Å²) in [5.74, 6) is -0.429. The molecule has 64 valence electrons. The summed E-state index contributed by atoms with van der Waals surface area (Å²) in [5, 5.41) is 10.4. The molecule has 0 fully saturated rings. The SMILES string of the molecule is O=C(O)Nc1cccc(F)c1I. The van der Waals surface area contributed by atoms with E-state index in [0.717, 1.165) is 0 Å². The molecule has 0 spiro atoms. The molecule has 0 saturated heterocycles. The zero-order chi connectivity index (χ0) is 9.14. The second-order valence-electron chi connectivity index (χ2n) is 2.03. The average molecular weight is 281 g/mol. The molecule has 0 aromatic heterocycles. The highest BCUT2D eigenvalue weighted by atomic mass is 127. The molecular weight excluding hydrogens is 276 g/mol. The molecular formula is C7H5FINO2. The lowest BCUT2D eigenvalue weighted by molar-refractivity contribution is 0.209. The number of anilines is 1. The van der Waals surface area contributed by atoms with Crippen LogP contribution in [0.5, 0.6) is 0 Å². The number of rotatable bonds is 1. The number of nitrogens with one attached hydrogen (secondary N) is 1. The first-order chi connectivity index (χ1) is 5.61. The predicted octanol–water partition coefficient (Wildman–Crippen LogP) is 2.52. The van der Waals surface area contributed by atoms with Gasteiger partial charge in [0.05, 0.1) is 9.26 Å². The normalized spacial score (nSPS) is 9.50. The molecule has 2 N–H and O–H groups in total. The zero-order valence-electron chi connectivity index (χ0n) is 5.84. The van der Waals surface area contributed by atoms with E-state index in [1.165, 1.54) is 18.2 Å². The van der Waals surface area contributed by atoms with Crippen molar-refractivity contribution in [1.82, 2.24) is 0 Å². The molecule has 0 atom stereocenters. The molecule has 12 heavy (non-hydrogen) atoms. The molecule has 0 aliphatic carbocycles. The van der Waals surface area contributed by atoms with Crippen molar-refractivity contribution in [3.8, 4) is 0 Å². The van der Waals surface area contributed by atoms with Crippen LogP contribution in [0.25, 0.3) is 0 Å². The highest BCUT2D eigenvalue weighted by molar-refractivity contribution is 14.1. The van der Waals surface area contributed by atoms with Crippen molar-refractivity contribution in [3.63, 3.8) is 0 Å². The van der Waals surface area contributed by atoms with Crippen LogP contribution in [-0.2, 0) is 0 Å². The van der Waals surface area contributed by atoms with E-state index >= 15 is 0 Å². The lowest BCUT2D eigenvalue weighted by Gasteiger charge is -2.03. The number of amides is 1. The van der Waals surface area contributed by atoms with Gasteiger partial charge in [0.25, 0.3) is 0 Å². The Morgan fingerprint density at radius 3 is 2.83 bits per heavy atom. The number of carbonyl (C=O) groups is 1. The Kier molecular flexibility index (Phi) is 2.85. The maximum atomic E-state index is 12.8. The molecule has 0 aliphatic heterocycles. The summed E-state index contributed by atoms with van der Waals surface area (Å²) < 4.78 is 13.1. The van der Waals surface area contributed by atoms with E-state index in [1.54, 1.807) is 22.6 Å². The minimum atomic E-state index is -1.20. The maximum Gasteiger partial charge on any atom is 0.409 e. The third kappa shape index (κ3) is 2.07. The van der Waals surface area contributed by atoms with Gasteiger partial charge in [-0.05, 0) is 34.7 Å². The first kappa shape index (κ1) is 9.24. The minimum absolute atomic E-state index is 0.267. The van der Waals surface area contributed by atoms with Crippen molar-refractivity contribution in [1.29, 1.82) is 0 Å². The highest BCUT2D eigenvalue weighted by Gasteiger charge is 2.06. The largest absolute Gasteiger partial charge is 0.465 e. The summed E-state index contributed by atoms with van der Waals surface area (Å²) in [4.78, 5) is 10.2. The van der Waals surface area contributed by atoms with Gasteiger partial charge in [0.1, 0.15) is 5.82 Å². The van der Waals surface area contributed by atoms with E-state index in [2.05, 4.69) is 5.32 Å². The Bertz CT molecular complexity index is 316. The summed E-state index contributed by atoms with van der Waals surface area (Å²) in [5.41, 5.74) is 0.267. The third-order valence-electron chi connectivity index (χ3n) is 1.19. The molecule has 0 saturated carbocycles. The van der Waals surface area contributed by atoms with Gasteiger partial charge >= 0.3 is 6.09 Å².